The molecule has 1 saturated heterocycles. The minimum atomic E-state index is -3.54. The van der Waals surface area contributed by atoms with Gasteiger partial charge in [0.1, 0.15) is 12.4 Å². The summed E-state index contributed by atoms with van der Waals surface area (Å²) >= 11 is 5.83. The second-order valence-electron chi connectivity index (χ2n) is 6.65. The van der Waals surface area contributed by atoms with Crippen molar-refractivity contribution in [1.82, 2.24) is 19.3 Å². The molecule has 3 rings (SSSR count). The Hall–Kier alpha value is -2.08. The zero-order chi connectivity index (χ0) is 21.2. The molecule has 2 aromatic rings. The summed E-state index contributed by atoms with van der Waals surface area (Å²) in [5, 5.41) is 4.03. The van der Waals surface area contributed by atoms with Crippen LogP contribution < -0.4 is 0 Å². The number of amides is 1. The third kappa shape index (κ3) is 5.10. The van der Waals surface area contributed by atoms with Crippen LogP contribution in [0.4, 0.5) is 4.39 Å². The van der Waals surface area contributed by atoms with Crippen LogP contribution >= 0.6 is 11.6 Å². The van der Waals surface area contributed by atoms with Crippen molar-refractivity contribution in [2.45, 2.75) is 19.1 Å². The molecular formula is C17H20ClFN4O5S. The van der Waals surface area contributed by atoms with Crippen molar-refractivity contribution in [3.05, 3.63) is 46.3 Å². The summed E-state index contributed by atoms with van der Waals surface area (Å²) in [5.74, 6) is -0.541. The number of hydrogen-bond donors (Lipinski definition) is 0. The number of methoxy groups -OCH3 is 1. The summed E-state index contributed by atoms with van der Waals surface area (Å²) in [5.41, 5.74) is -0.140. The Kier molecular flexibility index (Phi) is 6.52. The van der Waals surface area contributed by atoms with Crippen LogP contribution in [0, 0.1) is 5.82 Å². The van der Waals surface area contributed by atoms with Crippen LogP contribution in [0.15, 0.2) is 22.7 Å². The topological polar surface area (TPSA) is 106 Å². The molecule has 9 nitrogen and oxygen atoms in total. The molecule has 158 valence electrons. The van der Waals surface area contributed by atoms with Gasteiger partial charge in [-0.05, 0) is 18.2 Å². The third-order valence-corrected chi connectivity index (χ3v) is 6.04. The molecule has 12 heteroatoms. The average Bonchev–Trinajstić information content (AvgIpc) is 3.05. The fourth-order valence-electron chi connectivity index (χ4n) is 3.04. The van der Waals surface area contributed by atoms with Crippen molar-refractivity contribution >= 4 is 27.5 Å². The van der Waals surface area contributed by atoms with Crippen LogP contribution in [0.3, 0.4) is 0 Å². The highest BCUT2D eigenvalue weighted by molar-refractivity contribution is 7.88. The standard InChI is InChI=1S/C17H20ClFN4O5S/c1-27-10-16-20-15(21-28-16)5-6-23(29(2,25)26)12-8-22(9-12)17(24)13-7-11(18)3-4-14(13)19/h3-4,7,12H,5-6,8-10H2,1-2H3. The molecule has 0 bridgehead atoms. The van der Waals surface area contributed by atoms with Gasteiger partial charge in [-0.1, -0.05) is 16.8 Å². The van der Waals surface area contributed by atoms with E-state index in [9.17, 15) is 17.6 Å². The Morgan fingerprint density at radius 3 is 2.83 bits per heavy atom. The minimum Gasteiger partial charge on any atom is -0.375 e. The van der Waals surface area contributed by atoms with Crippen LogP contribution in [0.1, 0.15) is 22.1 Å². The molecule has 0 aliphatic carbocycles. The molecule has 1 aromatic carbocycles. The van der Waals surface area contributed by atoms with Gasteiger partial charge in [-0.3, -0.25) is 4.79 Å². The first-order valence-electron chi connectivity index (χ1n) is 8.70. The van der Waals surface area contributed by atoms with Crippen LogP contribution in [-0.4, -0.2) is 72.7 Å². The van der Waals surface area contributed by atoms with E-state index in [1.165, 1.54) is 28.4 Å². The molecule has 1 aliphatic heterocycles. The van der Waals surface area contributed by atoms with Gasteiger partial charge in [-0.15, -0.1) is 0 Å². The Labute approximate surface area is 172 Å². The molecule has 29 heavy (non-hydrogen) atoms. The van der Waals surface area contributed by atoms with E-state index in [1.807, 2.05) is 0 Å². The summed E-state index contributed by atoms with van der Waals surface area (Å²) in [4.78, 5) is 18.0. The van der Waals surface area contributed by atoms with Crippen LogP contribution in [0.2, 0.25) is 5.02 Å². The van der Waals surface area contributed by atoms with E-state index in [2.05, 4.69) is 10.1 Å². The van der Waals surface area contributed by atoms with Crippen molar-refractivity contribution in [2.24, 2.45) is 0 Å². The van der Waals surface area contributed by atoms with Gasteiger partial charge < -0.3 is 14.2 Å². The number of sulfonamides is 1. The first-order chi connectivity index (χ1) is 13.7. The highest BCUT2D eigenvalue weighted by atomic mass is 35.5. The van der Waals surface area contributed by atoms with Crippen LogP contribution in [0.25, 0.3) is 0 Å². The fourth-order valence-corrected chi connectivity index (χ4v) is 4.31. The molecule has 1 amide bonds. The van der Waals surface area contributed by atoms with E-state index in [0.29, 0.717) is 11.7 Å². The second-order valence-corrected chi connectivity index (χ2v) is 9.02. The largest absolute Gasteiger partial charge is 0.375 e. The van der Waals surface area contributed by atoms with E-state index in [1.54, 1.807) is 0 Å². The van der Waals surface area contributed by atoms with E-state index in [-0.39, 0.29) is 43.2 Å². The number of benzene rings is 1. The van der Waals surface area contributed by atoms with Gasteiger partial charge in [0.2, 0.25) is 10.0 Å². The molecule has 0 unspecified atom stereocenters. The SMILES string of the molecule is COCc1nc(CCN(C2CN(C(=O)c3cc(Cl)ccc3F)C2)S(C)(=O)=O)no1. The van der Waals surface area contributed by atoms with Gasteiger partial charge in [-0.25, -0.2) is 12.8 Å². The maximum Gasteiger partial charge on any atom is 0.256 e. The normalized spacial score (nSPS) is 15.0. The smallest absolute Gasteiger partial charge is 0.256 e. The lowest BCUT2D eigenvalue weighted by atomic mass is 10.1. The van der Waals surface area contributed by atoms with Crippen molar-refractivity contribution in [3.8, 4) is 0 Å². The number of ether oxygens (including phenoxy) is 1. The Balaban J connectivity index is 1.62. The van der Waals surface area contributed by atoms with Gasteiger partial charge >= 0.3 is 0 Å². The van der Waals surface area contributed by atoms with Crippen molar-refractivity contribution in [3.63, 3.8) is 0 Å². The average molecular weight is 447 g/mol. The van der Waals surface area contributed by atoms with Crippen LogP contribution in [-0.2, 0) is 27.8 Å². The summed E-state index contributed by atoms with van der Waals surface area (Å²) < 4.78 is 49.5. The summed E-state index contributed by atoms with van der Waals surface area (Å²) in [6, 6.07) is 3.32. The summed E-state index contributed by atoms with van der Waals surface area (Å²) in [6.45, 7) is 0.601. The zero-order valence-electron chi connectivity index (χ0n) is 15.8. The third-order valence-electron chi connectivity index (χ3n) is 4.48. The molecule has 0 N–H and O–H groups in total. The molecule has 1 aliphatic rings. The lowest BCUT2D eigenvalue weighted by molar-refractivity contribution is 0.0449. The van der Waals surface area contributed by atoms with Gasteiger partial charge in [0.15, 0.2) is 5.82 Å². The molecule has 0 spiro atoms. The number of hydrogen-bond acceptors (Lipinski definition) is 7. The lowest BCUT2D eigenvalue weighted by Crippen LogP contribution is -2.62. The van der Waals surface area contributed by atoms with Gasteiger partial charge in [0, 0.05) is 38.2 Å². The highest BCUT2D eigenvalue weighted by Gasteiger charge is 2.39. The Morgan fingerprint density at radius 1 is 1.45 bits per heavy atom. The molecule has 0 radical (unpaired) electrons. The zero-order valence-corrected chi connectivity index (χ0v) is 17.4. The molecule has 1 fully saturated rings. The van der Waals surface area contributed by atoms with Gasteiger partial charge in [0.25, 0.3) is 11.8 Å². The molecule has 2 heterocycles. The maximum atomic E-state index is 13.9. The van der Waals surface area contributed by atoms with E-state index < -0.39 is 27.8 Å². The number of rotatable bonds is 8. The van der Waals surface area contributed by atoms with Crippen molar-refractivity contribution in [1.29, 1.82) is 0 Å². The van der Waals surface area contributed by atoms with Gasteiger partial charge in [-0.2, -0.15) is 9.29 Å². The Morgan fingerprint density at radius 2 is 2.17 bits per heavy atom. The number of carbonyl (C=O) groups is 1. The number of halogens is 2. The summed E-state index contributed by atoms with van der Waals surface area (Å²) in [6.07, 6.45) is 1.34. The first-order valence-corrected chi connectivity index (χ1v) is 10.9. The number of nitrogens with zero attached hydrogens (tertiary/aromatic N) is 4. The minimum absolute atomic E-state index is 0.128. The van der Waals surface area contributed by atoms with E-state index >= 15 is 0 Å². The number of aromatic nitrogens is 2. The Bertz CT molecular complexity index is 993. The van der Waals surface area contributed by atoms with E-state index in [4.69, 9.17) is 20.9 Å². The quantitative estimate of drug-likeness (QED) is 0.602. The first kappa shape index (κ1) is 21.6. The molecule has 1 aromatic heterocycles. The number of carbonyl (C=O) groups excluding carboxylic acids is 1. The predicted molar refractivity (Wildman–Crippen MR) is 101 cm³/mol. The van der Waals surface area contributed by atoms with Gasteiger partial charge in [0.05, 0.1) is 17.9 Å². The van der Waals surface area contributed by atoms with E-state index in [0.717, 1.165) is 12.3 Å². The predicted octanol–water partition coefficient (Wildman–Crippen LogP) is 1.34. The van der Waals surface area contributed by atoms with Crippen molar-refractivity contribution < 1.29 is 26.9 Å². The fraction of sp³-hybridized carbons (Fsp3) is 0.471. The highest BCUT2D eigenvalue weighted by Crippen LogP contribution is 2.23. The van der Waals surface area contributed by atoms with Crippen LogP contribution in [0.5, 0.6) is 0 Å². The number of likely N-dealkylation sites (tertiary alicyclic amines) is 1. The molecular weight excluding hydrogens is 427 g/mol. The molecule has 0 saturated carbocycles. The summed E-state index contributed by atoms with van der Waals surface area (Å²) in [7, 11) is -2.04. The maximum absolute atomic E-state index is 13.9. The lowest BCUT2D eigenvalue weighted by Gasteiger charge is -2.44. The molecule has 0 atom stereocenters. The monoisotopic (exact) mass is 446 g/mol. The second kappa shape index (κ2) is 8.74. The van der Waals surface area contributed by atoms with Crippen molar-refractivity contribution in [2.75, 3.05) is 33.0 Å².